The second-order valence-corrected chi connectivity index (χ2v) is 5.04. The van der Waals surface area contributed by atoms with Gasteiger partial charge in [0, 0.05) is 22.5 Å². The fraction of sp³-hybridized carbons (Fsp3) is 0.0625. The van der Waals surface area contributed by atoms with Crippen LogP contribution in [0.15, 0.2) is 59.8 Å². The summed E-state index contributed by atoms with van der Waals surface area (Å²) in [5.74, 6) is 0.423. The largest absolute Gasteiger partial charge is 0.497 e. The van der Waals surface area contributed by atoms with Crippen LogP contribution in [0.25, 0.3) is 0 Å². The van der Waals surface area contributed by atoms with Crippen molar-refractivity contribution in [3.8, 4) is 5.75 Å². The lowest BCUT2D eigenvalue weighted by molar-refractivity contribution is 0.104. The van der Waals surface area contributed by atoms with E-state index in [1.54, 1.807) is 55.6 Å². The summed E-state index contributed by atoms with van der Waals surface area (Å²) in [5.41, 5.74) is 1.29. The van der Waals surface area contributed by atoms with Gasteiger partial charge < -0.3 is 10.1 Å². The number of nitrogens with one attached hydrogen (secondary N) is 1. The van der Waals surface area contributed by atoms with Crippen LogP contribution in [-0.4, -0.2) is 12.9 Å². The van der Waals surface area contributed by atoms with Gasteiger partial charge in [0.2, 0.25) is 5.78 Å². The summed E-state index contributed by atoms with van der Waals surface area (Å²) in [6.45, 7) is 0. The van der Waals surface area contributed by atoms with E-state index in [0.717, 1.165) is 5.69 Å². The van der Waals surface area contributed by atoms with Gasteiger partial charge in [0.15, 0.2) is 0 Å². The van der Waals surface area contributed by atoms with Crippen LogP contribution in [0.5, 0.6) is 5.75 Å². The Morgan fingerprint density at radius 3 is 2.29 bits per heavy atom. The zero-order valence-corrected chi connectivity index (χ0v) is 12.8. The van der Waals surface area contributed by atoms with Gasteiger partial charge in [0.1, 0.15) is 10.8 Å². The van der Waals surface area contributed by atoms with Crippen LogP contribution in [0, 0.1) is 0 Å². The summed E-state index contributed by atoms with van der Waals surface area (Å²) in [7, 11) is 1.57. The van der Waals surface area contributed by atoms with Crippen molar-refractivity contribution in [3.63, 3.8) is 0 Å². The Morgan fingerprint density at radius 2 is 1.71 bits per heavy atom. The average molecular weight is 322 g/mol. The number of ether oxygens (including phenoxy) is 1. The number of rotatable bonds is 5. The summed E-state index contributed by atoms with van der Waals surface area (Å²) in [5, 5.41) is 3.68. The minimum atomic E-state index is -0.263. The number of carbonyl (C=O) groups is 1. The molecule has 0 heterocycles. The number of allylic oxidation sites excluding steroid dienone is 1. The fourth-order valence-corrected chi connectivity index (χ4v) is 1.93. The third-order valence-corrected chi connectivity index (χ3v) is 3.31. The molecule has 0 aliphatic carbocycles. The quantitative estimate of drug-likeness (QED) is 0.639. The van der Waals surface area contributed by atoms with Crippen LogP contribution in [0.1, 0.15) is 10.4 Å². The number of Topliss-reactive ketones (excluding diaryl/α,β-unsaturated/α-hetero) is 1. The summed E-state index contributed by atoms with van der Waals surface area (Å²) in [6, 6.07) is 13.8. The Bertz CT molecular complexity index is 649. The lowest BCUT2D eigenvalue weighted by Crippen LogP contribution is -2.01. The first kappa shape index (κ1) is 15.4. The first-order chi connectivity index (χ1) is 10.1. The van der Waals surface area contributed by atoms with Gasteiger partial charge in [0.25, 0.3) is 0 Å². The molecule has 5 heteroatoms. The average Bonchev–Trinajstić information content (AvgIpc) is 2.53. The molecule has 0 atom stereocenters. The summed E-state index contributed by atoms with van der Waals surface area (Å²) in [6.07, 6.45) is 1.46. The zero-order chi connectivity index (χ0) is 15.2. The van der Waals surface area contributed by atoms with Crippen LogP contribution < -0.4 is 10.1 Å². The van der Waals surface area contributed by atoms with Gasteiger partial charge in [-0.2, -0.15) is 0 Å². The van der Waals surface area contributed by atoms with E-state index in [-0.39, 0.29) is 10.8 Å². The zero-order valence-electron chi connectivity index (χ0n) is 11.3. The number of halogens is 2. The van der Waals surface area contributed by atoms with Crippen molar-refractivity contribution in [1.29, 1.82) is 0 Å². The predicted molar refractivity (Wildman–Crippen MR) is 86.3 cm³/mol. The van der Waals surface area contributed by atoms with Crippen molar-refractivity contribution in [3.05, 3.63) is 70.3 Å². The molecule has 21 heavy (non-hydrogen) atoms. The van der Waals surface area contributed by atoms with E-state index in [1.807, 2.05) is 0 Å². The Labute approximate surface area is 133 Å². The summed E-state index contributed by atoms with van der Waals surface area (Å²) >= 11 is 11.8. The van der Waals surface area contributed by atoms with Crippen molar-refractivity contribution < 1.29 is 9.53 Å². The van der Waals surface area contributed by atoms with E-state index in [4.69, 9.17) is 27.9 Å². The highest BCUT2D eigenvalue weighted by Crippen LogP contribution is 2.18. The molecule has 1 N–H and O–H groups in total. The minimum Gasteiger partial charge on any atom is -0.497 e. The maximum atomic E-state index is 12.1. The van der Waals surface area contributed by atoms with Crippen LogP contribution in [0.4, 0.5) is 5.69 Å². The number of ketones is 1. The topological polar surface area (TPSA) is 38.3 Å². The molecule has 0 saturated heterocycles. The molecule has 108 valence electrons. The maximum absolute atomic E-state index is 12.1. The molecule has 0 fully saturated rings. The number of hydrogen-bond acceptors (Lipinski definition) is 3. The van der Waals surface area contributed by atoms with Crippen LogP contribution in [0.2, 0.25) is 5.02 Å². The molecule has 0 aliphatic rings. The van der Waals surface area contributed by atoms with Gasteiger partial charge in [-0.25, -0.2) is 0 Å². The van der Waals surface area contributed by atoms with Gasteiger partial charge in [-0.3, -0.25) is 4.79 Å². The Hall–Kier alpha value is -1.97. The van der Waals surface area contributed by atoms with Gasteiger partial charge in [-0.15, -0.1) is 0 Å². The fourth-order valence-electron chi connectivity index (χ4n) is 1.64. The second kappa shape index (κ2) is 7.16. The number of methoxy groups -OCH3 is 1. The molecule has 0 aliphatic heterocycles. The molecule has 2 rings (SSSR count). The van der Waals surface area contributed by atoms with E-state index >= 15 is 0 Å². The number of hydrogen-bond donors (Lipinski definition) is 1. The second-order valence-electron chi connectivity index (χ2n) is 4.20. The first-order valence-electron chi connectivity index (χ1n) is 6.16. The van der Waals surface area contributed by atoms with Crippen molar-refractivity contribution in [2.45, 2.75) is 0 Å². The first-order valence-corrected chi connectivity index (χ1v) is 6.92. The highest BCUT2D eigenvalue weighted by molar-refractivity contribution is 6.45. The molecule has 0 spiro atoms. The number of anilines is 1. The molecule has 0 radical (unpaired) electrons. The Kier molecular flexibility index (Phi) is 5.26. The number of benzene rings is 2. The van der Waals surface area contributed by atoms with Gasteiger partial charge in [0.05, 0.1) is 7.11 Å². The summed E-state index contributed by atoms with van der Waals surface area (Å²) < 4.78 is 5.04. The van der Waals surface area contributed by atoms with E-state index < -0.39 is 0 Å². The van der Waals surface area contributed by atoms with Gasteiger partial charge >= 0.3 is 0 Å². The van der Waals surface area contributed by atoms with Gasteiger partial charge in [-0.1, -0.05) is 23.2 Å². The molecular formula is C16H13Cl2NO2. The molecule has 2 aromatic rings. The van der Waals surface area contributed by atoms with Crippen molar-refractivity contribution in [1.82, 2.24) is 0 Å². The van der Waals surface area contributed by atoms with Crippen LogP contribution in [-0.2, 0) is 0 Å². The van der Waals surface area contributed by atoms with Crippen molar-refractivity contribution in [2.24, 2.45) is 0 Å². The highest BCUT2D eigenvalue weighted by Gasteiger charge is 2.10. The lowest BCUT2D eigenvalue weighted by atomic mass is 10.1. The lowest BCUT2D eigenvalue weighted by Gasteiger charge is -2.04. The standard InChI is InChI=1S/C16H13Cl2NO2/c1-21-14-8-2-11(3-9-14)16(20)15(18)10-19-13-6-4-12(17)5-7-13/h2-10,19H,1H3/b15-10-. The van der Waals surface area contributed by atoms with Crippen LogP contribution >= 0.6 is 23.2 Å². The SMILES string of the molecule is COc1ccc(C(=O)/C(Cl)=C/Nc2ccc(Cl)cc2)cc1. The molecule has 0 amide bonds. The monoisotopic (exact) mass is 321 g/mol. The van der Waals surface area contributed by atoms with Crippen molar-refractivity contribution in [2.75, 3.05) is 12.4 Å². The third kappa shape index (κ3) is 4.25. The van der Waals surface area contributed by atoms with Crippen molar-refractivity contribution >= 4 is 34.7 Å². The summed E-state index contributed by atoms with van der Waals surface area (Å²) in [4.78, 5) is 12.1. The molecule has 0 saturated carbocycles. The van der Waals surface area contributed by atoms with Crippen LogP contribution in [0.3, 0.4) is 0 Å². The van der Waals surface area contributed by atoms with E-state index in [0.29, 0.717) is 16.3 Å². The van der Waals surface area contributed by atoms with E-state index in [1.165, 1.54) is 6.20 Å². The molecule has 2 aromatic carbocycles. The Balaban J connectivity index is 2.06. The van der Waals surface area contributed by atoms with Gasteiger partial charge in [-0.05, 0) is 48.5 Å². The maximum Gasteiger partial charge on any atom is 0.205 e. The smallest absolute Gasteiger partial charge is 0.205 e. The normalized spacial score (nSPS) is 11.1. The Morgan fingerprint density at radius 1 is 1.10 bits per heavy atom. The molecular weight excluding hydrogens is 309 g/mol. The molecule has 0 unspecified atom stereocenters. The van der Waals surface area contributed by atoms with E-state index in [9.17, 15) is 4.79 Å². The predicted octanol–water partition coefficient (Wildman–Crippen LogP) is 4.72. The van der Waals surface area contributed by atoms with E-state index in [2.05, 4.69) is 5.32 Å². The number of carbonyl (C=O) groups excluding carboxylic acids is 1. The third-order valence-electron chi connectivity index (χ3n) is 2.78. The highest BCUT2D eigenvalue weighted by atomic mass is 35.5. The minimum absolute atomic E-state index is 0.0927. The molecule has 0 bridgehead atoms. The molecule has 3 nitrogen and oxygen atoms in total. The molecule has 0 aromatic heterocycles.